The van der Waals surface area contributed by atoms with E-state index in [2.05, 4.69) is 5.32 Å². The molecule has 0 bridgehead atoms. The second-order valence-corrected chi connectivity index (χ2v) is 6.31. The lowest BCUT2D eigenvalue weighted by Crippen LogP contribution is -2.35. The van der Waals surface area contributed by atoms with Crippen LogP contribution in [-0.2, 0) is 4.79 Å². The summed E-state index contributed by atoms with van der Waals surface area (Å²) in [6, 6.07) is 14.4. The maximum atomic E-state index is 12.2. The standard InChI is InChI=1S/C20H22N2O4/c1-22(2)20(24)14-7-9-15(10-8-14)26-13-19(23)21-17-11-12-25-18-6-4-3-5-16(17)18/h3-10,17H,11-13H2,1-2H3,(H,21,23). The Kier molecular flexibility index (Phi) is 5.41. The fraction of sp³-hybridized carbons (Fsp3) is 0.300. The van der Waals surface area contributed by atoms with Crippen LogP contribution >= 0.6 is 0 Å². The number of fused-ring (bicyclic) bond motifs is 1. The van der Waals surface area contributed by atoms with Crippen molar-refractivity contribution in [3.05, 3.63) is 59.7 Å². The zero-order valence-electron chi connectivity index (χ0n) is 14.9. The van der Waals surface area contributed by atoms with Gasteiger partial charge in [-0.05, 0) is 30.3 Å². The molecule has 26 heavy (non-hydrogen) atoms. The van der Waals surface area contributed by atoms with Crippen molar-refractivity contribution in [1.82, 2.24) is 10.2 Å². The fourth-order valence-electron chi connectivity index (χ4n) is 2.83. The zero-order valence-corrected chi connectivity index (χ0v) is 14.9. The van der Waals surface area contributed by atoms with Gasteiger partial charge in [-0.25, -0.2) is 0 Å². The quantitative estimate of drug-likeness (QED) is 0.895. The van der Waals surface area contributed by atoms with Crippen LogP contribution in [0.4, 0.5) is 0 Å². The highest BCUT2D eigenvalue weighted by molar-refractivity contribution is 5.93. The molecular weight excluding hydrogens is 332 g/mol. The first-order valence-corrected chi connectivity index (χ1v) is 8.50. The molecule has 3 rings (SSSR count). The van der Waals surface area contributed by atoms with Gasteiger partial charge in [0, 0.05) is 31.6 Å². The van der Waals surface area contributed by atoms with Gasteiger partial charge in [0.15, 0.2) is 6.61 Å². The van der Waals surface area contributed by atoms with E-state index in [1.165, 1.54) is 4.90 Å². The van der Waals surface area contributed by atoms with E-state index in [0.717, 1.165) is 17.7 Å². The van der Waals surface area contributed by atoms with Crippen LogP contribution < -0.4 is 14.8 Å². The summed E-state index contributed by atoms with van der Waals surface area (Å²) in [5, 5.41) is 2.99. The van der Waals surface area contributed by atoms with Crippen molar-refractivity contribution in [1.29, 1.82) is 0 Å². The molecule has 1 aliphatic rings. The Morgan fingerprint density at radius 3 is 2.62 bits per heavy atom. The second-order valence-electron chi connectivity index (χ2n) is 6.31. The molecule has 1 aliphatic heterocycles. The smallest absolute Gasteiger partial charge is 0.258 e. The first kappa shape index (κ1) is 17.8. The average Bonchev–Trinajstić information content (AvgIpc) is 2.66. The molecule has 2 amide bonds. The van der Waals surface area contributed by atoms with Crippen LogP contribution in [0.1, 0.15) is 28.4 Å². The molecule has 0 aliphatic carbocycles. The van der Waals surface area contributed by atoms with Crippen LogP contribution in [0.15, 0.2) is 48.5 Å². The van der Waals surface area contributed by atoms with E-state index in [1.54, 1.807) is 38.4 Å². The number of benzene rings is 2. The Morgan fingerprint density at radius 2 is 1.88 bits per heavy atom. The summed E-state index contributed by atoms with van der Waals surface area (Å²) in [6.45, 7) is 0.491. The Hall–Kier alpha value is -3.02. The molecule has 1 N–H and O–H groups in total. The normalized spacial score (nSPS) is 15.4. The second kappa shape index (κ2) is 7.91. The molecule has 0 saturated carbocycles. The molecule has 0 saturated heterocycles. The van der Waals surface area contributed by atoms with Crippen LogP contribution in [-0.4, -0.2) is 44.0 Å². The highest BCUT2D eigenvalue weighted by atomic mass is 16.5. The molecular formula is C20H22N2O4. The molecule has 0 radical (unpaired) electrons. The summed E-state index contributed by atoms with van der Waals surface area (Å²) in [5.41, 5.74) is 1.56. The first-order chi connectivity index (χ1) is 12.5. The lowest BCUT2D eigenvalue weighted by Gasteiger charge is -2.26. The highest BCUT2D eigenvalue weighted by Crippen LogP contribution is 2.31. The van der Waals surface area contributed by atoms with Gasteiger partial charge < -0.3 is 19.7 Å². The lowest BCUT2D eigenvalue weighted by atomic mass is 10.0. The number of nitrogens with zero attached hydrogens (tertiary/aromatic N) is 1. The third kappa shape index (κ3) is 4.14. The average molecular weight is 354 g/mol. The van der Waals surface area contributed by atoms with Gasteiger partial charge in [-0.15, -0.1) is 0 Å². The number of rotatable bonds is 5. The van der Waals surface area contributed by atoms with Crippen LogP contribution in [0.2, 0.25) is 0 Å². The van der Waals surface area contributed by atoms with E-state index in [0.29, 0.717) is 17.9 Å². The van der Waals surface area contributed by atoms with Crippen molar-refractivity contribution in [3.8, 4) is 11.5 Å². The van der Waals surface area contributed by atoms with Crippen molar-refractivity contribution in [2.45, 2.75) is 12.5 Å². The predicted molar refractivity (Wildman–Crippen MR) is 97.4 cm³/mol. The third-order valence-corrected chi connectivity index (χ3v) is 4.17. The van der Waals surface area contributed by atoms with Crippen LogP contribution in [0.5, 0.6) is 11.5 Å². The maximum Gasteiger partial charge on any atom is 0.258 e. The van der Waals surface area contributed by atoms with Gasteiger partial charge in [0.25, 0.3) is 11.8 Å². The van der Waals surface area contributed by atoms with Crippen molar-refractivity contribution < 1.29 is 19.1 Å². The number of nitrogens with one attached hydrogen (secondary N) is 1. The van der Waals surface area contributed by atoms with Crippen LogP contribution in [0.3, 0.4) is 0 Å². The van der Waals surface area contributed by atoms with Gasteiger partial charge >= 0.3 is 0 Å². The van der Waals surface area contributed by atoms with Crippen LogP contribution in [0.25, 0.3) is 0 Å². The van der Waals surface area contributed by atoms with Gasteiger partial charge in [0.1, 0.15) is 11.5 Å². The molecule has 1 atom stereocenters. The van der Waals surface area contributed by atoms with Gasteiger partial charge in [-0.3, -0.25) is 9.59 Å². The van der Waals surface area contributed by atoms with E-state index in [4.69, 9.17) is 9.47 Å². The summed E-state index contributed by atoms with van der Waals surface area (Å²) >= 11 is 0. The monoisotopic (exact) mass is 354 g/mol. The minimum atomic E-state index is -0.194. The third-order valence-electron chi connectivity index (χ3n) is 4.17. The molecule has 0 aromatic heterocycles. The fourth-order valence-corrected chi connectivity index (χ4v) is 2.83. The summed E-state index contributed by atoms with van der Waals surface area (Å²) in [7, 11) is 3.40. The Labute approximate surface area is 152 Å². The first-order valence-electron chi connectivity index (χ1n) is 8.50. The summed E-state index contributed by atoms with van der Waals surface area (Å²) < 4.78 is 11.1. The molecule has 6 heteroatoms. The topological polar surface area (TPSA) is 67.9 Å². The summed E-state index contributed by atoms with van der Waals surface area (Å²) in [5.74, 6) is 1.08. The molecule has 0 fully saturated rings. The van der Waals surface area contributed by atoms with E-state index in [-0.39, 0.29) is 24.5 Å². The minimum absolute atomic E-state index is 0.0730. The number of hydrogen-bond donors (Lipinski definition) is 1. The van der Waals surface area contributed by atoms with Crippen molar-refractivity contribution in [3.63, 3.8) is 0 Å². The van der Waals surface area contributed by atoms with E-state index in [1.807, 2.05) is 24.3 Å². The number of carbonyl (C=O) groups excluding carboxylic acids is 2. The molecule has 1 unspecified atom stereocenters. The SMILES string of the molecule is CN(C)C(=O)c1ccc(OCC(=O)NC2CCOc3ccccc32)cc1. The molecule has 6 nitrogen and oxygen atoms in total. The van der Waals surface area contributed by atoms with Crippen molar-refractivity contribution >= 4 is 11.8 Å². The van der Waals surface area contributed by atoms with Gasteiger partial charge in [-0.1, -0.05) is 18.2 Å². The number of ether oxygens (including phenoxy) is 2. The lowest BCUT2D eigenvalue weighted by molar-refractivity contribution is -0.124. The van der Waals surface area contributed by atoms with Crippen molar-refractivity contribution in [2.24, 2.45) is 0 Å². The molecule has 0 spiro atoms. The zero-order chi connectivity index (χ0) is 18.5. The maximum absolute atomic E-state index is 12.2. The minimum Gasteiger partial charge on any atom is -0.493 e. The number of hydrogen-bond acceptors (Lipinski definition) is 4. The number of carbonyl (C=O) groups is 2. The Bertz CT molecular complexity index is 787. The van der Waals surface area contributed by atoms with Gasteiger partial charge in [0.05, 0.1) is 12.6 Å². The van der Waals surface area contributed by atoms with Gasteiger partial charge in [-0.2, -0.15) is 0 Å². The van der Waals surface area contributed by atoms with Crippen molar-refractivity contribution in [2.75, 3.05) is 27.3 Å². The van der Waals surface area contributed by atoms with Crippen LogP contribution in [0, 0.1) is 0 Å². The Balaban J connectivity index is 1.54. The Morgan fingerprint density at radius 1 is 1.15 bits per heavy atom. The summed E-state index contributed by atoms with van der Waals surface area (Å²) in [4.78, 5) is 25.6. The summed E-state index contributed by atoms with van der Waals surface area (Å²) in [6.07, 6.45) is 0.726. The van der Waals surface area contributed by atoms with Gasteiger partial charge in [0.2, 0.25) is 0 Å². The predicted octanol–water partition coefficient (Wildman–Crippen LogP) is 2.41. The molecule has 2 aromatic carbocycles. The van der Waals surface area contributed by atoms with E-state index >= 15 is 0 Å². The molecule has 136 valence electrons. The molecule has 2 aromatic rings. The van der Waals surface area contributed by atoms with E-state index in [9.17, 15) is 9.59 Å². The van der Waals surface area contributed by atoms with E-state index < -0.39 is 0 Å². The number of para-hydroxylation sites is 1. The molecule has 1 heterocycles. The highest BCUT2D eigenvalue weighted by Gasteiger charge is 2.22. The largest absolute Gasteiger partial charge is 0.493 e. The number of amides is 2.